The number of carbonyl (C=O) groups is 1. The SMILES string of the molecule is C#CCN(c1cnc(C(=O)O)cn1)C(C)C. The summed E-state index contributed by atoms with van der Waals surface area (Å²) >= 11 is 0. The second kappa shape index (κ2) is 5.12. The summed E-state index contributed by atoms with van der Waals surface area (Å²) in [5, 5.41) is 8.68. The molecule has 1 rings (SSSR count). The van der Waals surface area contributed by atoms with Gasteiger partial charge in [-0.05, 0) is 13.8 Å². The fourth-order valence-electron chi connectivity index (χ4n) is 1.21. The number of terminal acetylenes is 1. The number of carboxylic acid groups (broad SMARTS) is 1. The van der Waals surface area contributed by atoms with Gasteiger partial charge in [0.15, 0.2) is 5.69 Å². The van der Waals surface area contributed by atoms with Crippen molar-refractivity contribution in [2.75, 3.05) is 11.4 Å². The fourth-order valence-corrected chi connectivity index (χ4v) is 1.21. The maximum atomic E-state index is 10.6. The van der Waals surface area contributed by atoms with Crippen LogP contribution in [0, 0.1) is 12.3 Å². The molecule has 0 atom stereocenters. The monoisotopic (exact) mass is 219 g/mol. The first kappa shape index (κ1) is 12.0. The van der Waals surface area contributed by atoms with Crippen molar-refractivity contribution in [3.8, 4) is 12.3 Å². The van der Waals surface area contributed by atoms with Crippen LogP contribution in [-0.4, -0.2) is 33.6 Å². The van der Waals surface area contributed by atoms with E-state index in [4.69, 9.17) is 11.5 Å². The molecule has 0 bridgehead atoms. The Morgan fingerprint density at radius 3 is 2.62 bits per heavy atom. The number of aromatic nitrogens is 2. The van der Waals surface area contributed by atoms with Crippen molar-refractivity contribution < 1.29 is 9.90 Å². The van der Waals surface area contributed by atoms with Gasteiger partial charge in [-0.1, -0.05) is 5.92 Å². The highest BCUT2D eigenvalue weighted by molar-refractivity contribution is 5.84. The number of nitrogens with zero attached hydrogens (tertiary/aromatic N) is 3. The quantitative estimate of drug-likeness (QED) is 0.766. The van der Waals surface area contributed by atoms with Crippen molar-refractivity contribution >= 4 is 11.8 Å². The summed E-state index contributed by atoms with van der Waals surface area (Å²) in [4.78, 5) is 20.3. The lowest BCUT2D eigenvalue weighted by atomic mass is 10.3. The maximum absolute atomic E-state index is 10.6. The predicted molar refractivity (Wildman–Crippen MR) is 60.3 cm³/mol. The molecule has 1 heterocycles. The van der Waals surface area contributed by atoms with Crippen LogP contribution in [0.2, 0.25) is 0 Å². The molecule has 0 spiro atoms. The molecule has 0 amide bonds. The minimum Gasteiger partial charge on any atom is -0.476 e. The van der Waals surface area contributed by atoms with Gasteiger partial charge >= 0.3 is 5.97 Å². The first-order chi connectivity index (χ1) is 7.56. The molecule has 0 aliphatic heterocycles. The average molecular weight is 219 g/mol. The van der Waals surface area contributed by atoms with E-state index in [1.807, 2.05) is 18.7 Å². The molecule has 0 saturated heterocycles. The summed E-state index contributed by atoms with van der Waals surface area (Å²) in [6, 6.07) is 0.182. The van der Waals surface area contributed by atoms with E-state index in [2.05, 4.69) is 15.9 Å². The second-order valence-electron chi connectivity index (χ2n) is 3.49. The Kier molecular flexibility index (Phi) is 3.84. The fraction of sp³-hybridized carbons (Fsp3) is 0.364. The number of rotatable bonds is 4. The van der Waals surface area contributed by atoms with Gasteiger partial charge in [0.1, 0.15) is 5.82 Å². The predicted octanol–water partition coefficient (Wildman–Crippen LogP) is 1.02. The van der Waals surface area contributed by atoms with Gasteiger partial charge in [-0.2, -0.15) is 0 Å². The van der Waals surface area contributed by atoms with Gasteiger partial charge < -0.3 is 10.0 Å². The molecule has 0 saturated carbocycles. The molecule has 1 aromatic rings. The molecule has 0 aliphatic carbocycles. The highest BCUT2D eigenvalue weighted by Crippen LogP contribution is 2.11. The Hall–Kier alpha value is -2.09. The Bertz CT molecular complexity index is 406. The number of carboxylic acids is 1. The standard InChI is InChI=1S/C11H13N3O2/c1-4-5-14(8(2)3)10-7-12-9(6-13-10)11(15)16/h1,6-8H,5H2,2-3H3,(H,15,16). The smallest absolute Gasteiger partial charge is 0.356 e. The van der Waals surface area contributed by atoms with Gasteiger partial charge in [0, 0.05) is 6.04 Å². The molecule has 0 fully saturated rings. The lowest BCUT2D eigenvalue weighted by Gasteiger charge is -2.24. The van der Waals surface area contributed by atoms with Crippen LogP contribution >= 0.6 is 0 Å². The van der Waals surface area contributed by atoms with Crippen molar-refractivity contribution in [2.24, 2.45) is 0 Å². The normalized spacial score (nSPS) is 9.88. The van der Waals surface area contributed by atoms with Gasteiger partial charge in [-0.3, -0.25) is 0 Å². The van der Waals surface area contributed by atoms with Gasteiger partial charge in [0.25, 0.3) is 0 Å². The first-order valence-electron chi connectivity index (χ1n) is 4.81. The minimum absolute atomic E-state index is 0.0758. The summed E-state index contributed by atoms with van der Waals surface area (Å²) in [7, 11) is 0. The summed E-state index contributed by atoms with van der Waals surface area (Å²) in [5.74, 6) is 2.02. The lowest BCUT2D eigenvalue weighted by molar-refractivity contribution is 0.0690. The lowest BCUT2D eigenvalue weighted by Crippen LogP contribution is -2.32. The largest absolute Gasteiger partial charge is 0.476 e. The molecule has 5 nitrogen and oxygen atoms in total. The molecule has 16 heavy (non-hydrogen) atoms. The van der Waals surface area contributed by atoms with Crippen molar-refractivity contribution in [3.05, 3.63) is 18.1 Å². The van der Waals surface area contributed by atoms with Crippen molar-refractivity contribution in [2.45, 2.75) is 19.9 Å². The number of anilines is 1. The van der Waals surface area contributed by atoms with Crippen LogP contribution in [0.15, 0.2) is 12.4 Å². The van der Waals surface area contributed by atoms with Crippen molar-refractivity contribution in [3.63, 3.8) is 0 Å². The molecule has 0 radical (unpaired) electrons. The van der Waals surface area contributed by atoms with Crippen molar-refractivity contribution in [1.82, 2.24) is 9.97 Å². The van der Waals surface area contributed by atoms with Gasteiger partial charge in [0.2, 0.25) is 0 Å². The van der Waals surface area contributed by atoms with Crippen LogP contribution in [0.1, 0.15) is 24.3 Å². The Balaban J connectivity index is 2.95. The van der Waals surface area contributed by atoms with E-state index in [0.29, 0.717) is 12.4 Å². The van der Waals surface area contributed by atoms with Crippen LogP contribution in [0.3, 0.4) is 0 Å². The third-order valence-corrected chi connectivity index (χ3v) is 2.04. The van der Waals surface area contributed by atoms with Gasteiger partial charge in [-0.15, -0.1) is 6.42 Å². The van der Waals surface area contributed by atoms with E-state index in [-0.39, 0.29) is 11.7 Å². The topological polar surface area (TPSA) is 66.3 Å². The third-order valence-electron chi connectivity index (χ3n) is 2.04. The van der Waals surface area contributed by atoms with Gasteiger partial charge in [-0.25, -0.2) is 14.8 Å². The molecule has 0 unspecified atom stereocenters. The molecule has 84 valence electrons. The zero-order chi connectivity index (χ0) is 12.1. The summed E-state index contributed by atoms with van der Waals surface area (Å²) in [5.41, 5.74) is -0.0758. The Morgan fingerprint density at radius 1 is 1.56 bits per heavy atom. The van der Waals surface area contributed by atoms with E-state index >= 15 is 0 Å². The molecule has 0 aliphatic rings. The van der Waals surface area contributed by atoms with E-state index in [9.17, 15) is 4.79 Å². The second-order valence-corrected chi connectivity index (χ2v) is 3.49. The third kappa shape index (κ3) is 2.70. The van der Waals surface area contributed by atoms with Crippen LogP contribution in [0.25, 0.3) is 0 Å². The van der Waals surface area contributed by atoms with Crippen LogP contribution in [0.4, 0.5) is 5.82 Å². The highest BCUT2D eigenvalue weighted by Gasteiger charge is 2.12. The molecule has 0 aromatic carbocycles. The summed E-state index contributed by atoms with van der Waals surface area (Å²) in [6.45, 7) is 4.37. The maximum Gasteiger partial charge on any atom is 0.356 e. The molecule has 1 aromatic heterocycles. The van der Waals surface area contributed by atoms with Gasteiger partial charge in [0.05, 0.1) is 18.9 Å². The molecule has 5 heteroatoms. The zero-order valence-electron chi connectivity index (χ0n) is 9.21. The van der Waals surface area contributed by atoms with Crippen molar-refractivity contribution in [1.29, 1.82) is 0 Å². The van der Waals surface area contributed by atoms with Crippen LogP contribution in [0.5, 0.6) is 0 Å². The average Bonchev–Trinajstić information content (AvgIpc) is 2.25. The first-order valence-corrected chi connectivity index (χ1v) is 4.81. The molecular weight excluding hydrogens is 206 g/mol. The summed E-state index contributed by atoms with van der Waals surface area (Å²) < 4.78 is 0. The number of hydrogen-bond donors (Lipinski definition) is 1. The van der Waals surface area contributed by atoms with E-state index < -0.39 is 5.97 Å². The molecule has 1 N–H and O–H groups in total. The van der Waals surface area contributed by atoms with Crippen LogP contribution < -0.4 is 4.90 Å². The zero-order valence-corrected chi connectivity index (χ0v) is 9.21. The number of aromatic carboxylic acids is 1. The Labute approximate surface area is 94.1 Å². The number of hydrogen-bond acceptors (Lipinski definition) is 4. The van der Waals surface area contributed by atoms with E-state index in [0.717, 1.165) is 0 Å². The summed E-state index contributed by atoms with van der Waals surface area (Å²) in [6.07, 6.45) is 7.89. The minimum atomic E-state index is -1.09. The highest BCUT2D eigenvalue weighted by atomic mass is 16.4. The molecular formula is C11H13N3O2. The van der Waals surface area contributed by atoms with E-state index in [1.54, 1.807) is 0 Å². The van der Waals surface area contributed by atoms with Crippen LogP contribution in [-0.2, 0) is 0 Å². The Morgan fingerprint density at radius 2 is 2.25 bits per heavy atom. The van der Waals surface area contributed by atoms with E-state index in [1.165, 1.54) is 12.4 Å².